The largest absolute Gasteiger partial charge is 0.457 e. The molecule has 244 valence electrons. The standard InChI is InChI=1S/C38H29BrN4O5S/c1-24-22-34(43-48-24)42-38(46)35(26-8-4-2-5-9-26)49-31-19-16-29(17-20-31)40-37(45)32(41-36(44)27-10-6-3-7-11-27)23-30-18-21-33(47-30)25-12-14-28(39)15-13-25/h2-23,35H,1H3,(H,40,45)(H,41,44)(H,42,43,46)/b32-23-/t35-/m0/s1. The van der Waals surface area contributed by atoms with E-state index in [4.69, 9.17) is 8.94 Å². The number of amides is 3. The Hall–Kier alpha value is -5.65. The van der Waals surface area contributed by atoms with Gasteiger partial charge in [-0.25, -0.2) is 0 Å². The molecule has 3 amide bonds. The van der Waals surface area contributed by atoms with Crippen molar-refractivity contribution in [2.45, 2.75) is 17.1 Å². The second-order valence-electron chi connectivity index (χ2n) is 10.8. The van der Waals surface area contributed by atoms with Gasteiger partial charge in [-0.3, -0.25) is 14.4 Å². The van der Waals surface area contributed by atoms with Crippen molar-refractivity contribution in [1.82, 2.24) is 10.5 Å². The maximum Gasteiger partial charge on any atom is 0.272 e. The van der Waals surface area contributed by atoms with Gasteiger partial charge in [-0.05, 0) is 73.2 Å². The molecule has 0 radical (unpaired) electrons. The van der Waals surface area contributed by atoms with E-state index < -0.39 is 17.1 Å². The predicted octanol–water partition coefficient (Wildman–Crippen LogP) is 8.89. The van der Waals surface area contributed by atoms with Crippen LogP contribution in [0.1, 0.15) is 32.7 Å². The van der Waals surface area contributed by atoms with E-state index in [9.17, 15) is 14.4 Å². The smallest absolute Gasteiger partial charge is 0.272 e. The summed E-state index contributed by atoms with van der Waals surface area (Å²) in [5.74, 6) is 0.671. The molecule has 0 saturated heterocycles. The Kier molecular flexibility index (Phi) is 10.5. The molecule has 1 atom stereocenters. The molecule has 3 N–H and O–H groups in total. The van der Waals surface area contributed by atoms with Gasteiger partial charge in [0.2, 0.25) is 5.91 Å². The summed E-state index contributed by atoms with van der Waals surface area (Å²) >= 11 is 4.79. The molecule has 0 fully saturated rings. The molecule has 4 aromatic carbocycles. The SMILES string of the molecule is Cc1cc(NC(=O)[C@@H](Sc2ccc(NC(=O)/C(=C/c3ccc(-c4ccc(Br)cc4)o3)NC(=O)c3ccccc3)cc2)c2ccccc2)no1. The summed E-state index contributed by atoms with van der Waals surface area (Å²) in [6.45, 7) is 1.75. The number of aryl methyl sites for hydroxylation is 1. The minimum absolute atomic E-state index is 0.00656. The number of hydrogen-bond donors (Lipinski definition) is 3. The van der Waals surface area contributed by atoms with E-state index in [0.717, 1.165) is 20.5 Å². The van der Waals surface area contributed by atoms with Gasteiger partial charge in [0.1, 0.15) is 28.2 Å². The van der Waals surface area contributed by atoms with Crippen molar-refractivity contribution in [3.05, 3.63) is 160 Å². The summed E-state index contributed by atoms with van der Waals surface area (Å²) in [6, 6.07) is 38.0. The molecule has 49 heavy (non-hydrogen) atoms. The number of hydrogen-bond acceptors (Lipinski definition) is 7. The van der Waals surface area contributed by atoms with Crippen LogP contribution < -0.4 is 16.0 Å². The topological polar surface area (TPSA) is 126 Å². The minimum Gasteiger partial charge on any atom is -0.457 e. The van der Waals surface area contributed by atoms with Crippen LogP contribution in [0, 0.1) is 6.92 Å². The summed E-state index contributed by atoms with van der Waals surface area (Å²) in [5.41, 5.74) is 2.55. The Morgan fingerprint density at radius 2 is 1.51 bits per heavy atom. The van der Waals surface area contributed by atoms with Crippen molar-refractivity contribution >= 4 is 63.0 Å². The fourth-order valence-electron chi connectivity index (χ4n) is 4.75. The van der Waals surface area contributed by atoms with Crippen LogP contribution >= 0.6 is 27.7 Å². The van der Waals surface area contributed by atoms with Gasteiger partial charge >= 0.3 is 0 Å². The van der Waals surface area contributed by atoms with Gasteiger partial charge in [0.25, 0.3) is 11.8 Å². The molecule has 0 spiro atoms. The summed E-state index contributed by atoms with van der Waals surface area (Å²) in [5, 5.41) is 11.7. The van der Waals surface area contributed by atoms with Crippen LogP contribution in [0.4, 0.5) is 11.5 Å². The summed E-state index contributed by atoms with van der Waals surface area (Å²) in [6.07, 6.45) is 1.49. The molecular formula is C38H29BrN4O5S. The van der Waals surface area contributed by atoms with Crippen LogP contribution in [0.2, 0.25) is 0 Å². The van der Waals surface area contributed by atoms with Gasteiger partial charge < -0.3 is 24.9 Å². The number of furan rings is 1. The second-order valence-corrected chi connectivity index (χ2v) is 12.9. The lowest BCUT2D eigenvalue weighted by Crippen LogP contribution is -2.30. The van der Waals surface area contributed by atoms with E-state index in [2.05, 4.69) is 37.0 Å². The van der Waals surface area contributed by atoms with Gasteiger partial charge in [-0.2, -0.15) is 0 Å². The van der Waals surface area contributed by atoms with E-state index >= 15 is 0 Å². The molecule has 0 aliphatic carbocycles. The summed E-state index contributed by atoms with van der Waals surface area (Å²) in [4.78, 5) is 40.8. The molecule has 9 nitrogen and oxygen atoms in total. The number of nitrogens with zero attached hydrogens (tertiary/aromatic N) is 1. The van der Waals surface area contributed by atoms with Crippen LogP contribution in [0.3, 0.4) is 0 Å². The van der Waals surface area contributed by atoms with Gasteiger partial charge in [0.15, 0.2) is 5.82 Å². The van der Waals surface area contributed by atoms with Crippen molar-refractivity contribution in [2.75, 3.05) is 10.6 Å². The van der Waals surface area contributed by atoms with E-state index in [1.165, 1.54) is 17.8 Å². The Balaban J connectivity index is 1.20. The van der Waals surface area contributed by atoms with Gasteiger partial charge in [-0.15, -0.1) is 11.8 Å². The minimum atomic E-state index is -0.586. The lowest BCUT2D eigenvalue weighted by molar-refractivity contribution is -0.116. The third kappa shape index (κ3) is 8.83. The molecule has 6 rings (SSSR count). The Morgan fingerprint density at radius 1 is 0.816 bits per heavy atom. The molecule has 0 bridgehead atoms. The maximum atomic E-state index is 13.6. The quantitative estimate of drug-likeness (QED) is 0.0897. The number of benzene rings is 4. The molecule has 0 aliphatic heterocycles. The fraction of sp³-hybridized carbons (Fsp3) is 0.0526. The van der Waals surface area contributed by atoms with Crippen LogP contribution in [0.15, 0.2) is 151 Å². The third-order valence-corrected chi connectivity index (χ3v) is 8.95. The zero-order valence-electron chi connectivity index (χ0n) is 26.1. The highest BCUT2D eigenvalue weighted by Crippen LogP contribution is 2.37. The van der Waals surface area contributed by atoms with Crippen LogP contribution in [0.5, 0.6) is 0 Å². The first-order valence-electron chi connectivity index (χ1n) is 15.1. The predicted molar refractivity (Wildman–Crippen MR) is 194 cm³/mol. The van der Waals surface area contributed by atoms with E-state index in [0.29, 0.717) is 34.3 Å². The van der Waals surface area contributed by atoms with Gasteiger partial charge in [0.05, 0.1) is 0 Å². The molecule has 11 heteroatoms. The van der Waals surface area contributed by atoms with Crippen molar-refractivity contribution in [3.8, 4) is 11.3 Å². The summed E-state index contributed by atoms with van der Waals surface area (Å²) < 4.78 is 12.0. The lowest BCUT2D eigenvalue weighted by Gasteiger charge is -2.16. The summed E-state index contributed by atoms with van der Waals surface area (Å²) in [7, 11) is 0. The van der Waals surface area contributed by atoms with E-state index in [-0.39, 0.29) is 11.6 Å². The average molecular weight is 734 g/mol. The number of carbonyl (C=O) groups is 3. The Labute approximate surface area is 294 Å². The molecule has 0 aliphatic rings. The molecule has 2 aromatic heterocycles. The van der Waals surface area contributed by atoms with Crippen LogP contribution in [-0.2, 0) is 9.59 Å². The monoisotopic (exact) mass is 732 g/mol. The van der Waals surface area contributed by atoms with Gasteiger partial charge in [0, 0.05) is 38.3 Å². The third-order valence-electron chi connectivity index (χ3n) is 7.16. The number of anilines is 2. The first kappa shape index (κ1) is 33.3. The van der Waals surface area contributed by atoms with Crippen molar-refractivity contribution < 1.29 is 23.3 Å². The first-order valence-corrected chi connectivity index (χ1v) is 16.8. The number of nitrogens with one attached hydrogen (secondary N) is 3. The second kappa shape index (κ2) is 15.5. The van der Waals surface area contributed by atoms with Gasteiger partial charge in [-0.1, -0.05) is 81.8 Å². The van der Waals surface area contributed by atoms with Crippen LogP contribution in [-0.4, -0.2) is 22.9 Å². The number of aromatic nitrogens is 1. The number of rotatable bonds is 11. The highest BCUT2D eigenvalue weighted by molar-refractivity contribution is 9.10. The van der Waals surface area contributed by atoms with Crippen molar-refractivity contribution in [3.63, 3.8) is 0 Å². The Morgan fingerprint density at radius 3 is 2.18 bits per heavy atom. The normalized spacial score (nSPS) is 11.8. The van der Waals surface area contributed by atoms with Crippen molar-refractivity contribution in [1.29, 1.82) is 0 Å². The molecular weight excluding hydrogens is 704 g/mol. The first-order chi connectivity index (χ1) is 23.8. The highest BCUT2D eigenvalue weighted by Gasteiger charge is 2.23. The van der Waals surface area contributed by atoms with E-state index in [1.807, 2.05) is 66.7 Å². The molecule has 0 unspecified atom stereocenters. The highest BCUT2D eigenvalue weighted by atomic mass is 79.9. The average Bonchev–Trinajstić information content (AvgIpc) is 3.77. The lowest BCUT2D eigenvalue weighted by atomic mass is 10.1. The molecule has 2 heterocycles. The zero-order chi connectivity index (χ0) is 34.2. The van der Waals surface area contributed by atoms with E-state index in [1.54, 1.807) is 67.6 Å². The Bertz CT molecular complexity index is 2090. The van der Waals surface area contributed by atoms with Crippen molar-refractivity contribution in [2.24, 2.45) is 0 Å². The van der Waals surface area contributed by atoms with Crippen LogP contribution in [0.25, 0.3) is 17.4 Å². The number of halogens is 1. The number of thioether (sulfide) groups is 1. The fourth-order valence-corrected chi connectivity index (χ4v) is 6.04. The molecule has 0 saturated carbocycles. The maximum absolute atomic E-state index is 13.6. The number of carbonyl (C=O) groups excluding carboxylic acids is 3. The zero-order valence-corrected chi connectivity index (χ0v) is 28.5. The molecule has 6 aromatic rings.